The summed E-state index contributed by atoms with van der Waals surface area (Å²) in [5.74, 6) is 0.699. The molecule has 0 radical (unpaired) electrons. The molecule has 1 aliphatic carbocycles. The molecule has 1 saturated carbocycles. The van der Waals surface area contributed by atoms with Crippen LogP contribution in [0.15, 0.2) is 10.9 Å². The Hall–Kier alpha value is -1.78. The number of fused-ring (bicyclic) bond motifs is 1. The number of aromatic nitrogens is 1. The Morgan fingerprint density at radius 2 is 2.22 bits per heavy atom. The highest BCUT2D eigenvalue weighted by molar-refractivity contribution is 5.97. The highest BCUT2D eigenvalue weighted by Crippen LogP contribution is 2.29. The lowest BCUT2D eigenvalue weighted by Gasteiger charge is -2.23. The van der Waals surface area contributed by atoms with Gasteiger partial charge in [0.25, 0.3) is 5.91 Å². The Morgan fingerprint density at radius 1 is 1.44 bits per heavy atom. The highest BCUT2D eigenvalue weighted by Gasteiger charge is 2.31. The molecular formula is C13H17N3O2. The van der Waals surface area contributed by atoms with Crippen LogP contribution in [0.2, 0.25) is 0 Å². The van der Waals surface area contributed by atoms with Gasteiger partial charge in [0.2, 0.25) is 5.56 Å². The van der Waals surface area contributed by atoms with E-state index in [1.165, 1.54) is 6.07 Å². The lowest BCUT2D eigenvalue weighted by molar-refractivity contribution is 0.0783. The molecular weight excluding hydrogens is 230 g/mol. The Balaban J connectivity index is 2.02. The zero-order chi connectivity index (χ0) is 12.7. The minimum Gasteiger partial charge on any atom is -0.371 e. The number of carbonyl (C=O) groups excluding carboxylic acids is 1. The van der Waals surface area contributed by atoms with Gasteiger partial charge in [0.1, 0.15) is 5.82 Å². The lowest BCUT2D eigenvalue weighted by atomic mass is 10.0. The van der Waals surface area contributed by atoms with Crippen LogP contribution in [-0.4, -0.2) is 35.4 Å². The maximum atomic E-state index is 12.4. The van der Waals surface area contributed by atoms with Gasteiger partial charge in [-0.05, 0) is 25.7 Å². The number of aromatic amines is 1. The van der Waals surface area contributed by atoms with E-state index in [1.54, 1.807) is 4.90 Å². The minimum absolute atomic E-state index is 0.0245. The number of nitrogens with zero attached hydrogens (tertiary/aromatic N) is 1. The van der Waals surface area contributed by atoms with Gasteiger partial charge < -0.3 is 15.2 Å². The number of amides is 1. The maximum absolute atomic E-state index is 12.4. The van der Waals surface area contributed by atoms with Gasteiger partial charge in [-0.2, -0.15) is 0 Å². The van der Waals surface area contributed by atoms with Gasteiger partial charge in [0.15, 0.2) is 0 Å². The highest BCUT2D eigenvalue weighted by atomic mass is 16.2. The molecule has 1 aromatic heterocycles. The largest absolute Gasteiger partial charge is 0.371 e. The van der Waals surface area contributed by atoms with Crippen molar-refractivity contribution in [3.05, 3.63) is 27.5 Å². The fraction of sp³-hybridized carbons (Fsp3) is 0.538. The Labute approximate surface area is 105 Å². The predicted molar refractivity (Wildman–Crippen MR) is 69.0 cm³/mol. The third-order valence-corrected chi connectivity index (χ3v) is 3.70. The van der Waals surface area contributed by atoms with Crippen molar-refractivity contribution in [2.24, 2.45) is 0 Å². The topological polar surface area (TPSA) is 65.2 Å². The van der Waals surface area contributed by atoms with Crippen LogP contribution in [0.4, 0.5) is 5.82 Å². The average molecular weight is 247 g/mol. The Morgan fingerprint density at radius 3 is 2.94 bits per heavy atom. The molecule has 2 heterocycles. The summed E-state index contributed by atoms with van der Waals surface area (Å²) in [4.78, 5) is 28.5. The zero-order valence-corrected chi connectivity index (χ0v) is 10.5. The van der Waals surface area contributed by atoms with Crippen LogP contribution < -0.4 is 10.9 Å². The molecule has 18 heavy (non-hydrogen) atoms. The van der Waals surface area contributed by atoms with Gasteiger partial charge in [0, 0.05) is 31.3 Å². The standard InChI is InChI=1S/C13H17N3O2/c1-16(8-4-5-8)13(18)10-7-11(17)15-12-9(10)3-2-6-14-12/h7-8H,2-6H2,1H3,(H2,14,15,17). The average Bonchev–Trinajstić information content (AvgIpc) is 3.20. The summed E-state index contributed by atoms with van der Waals surface area (Å²) in [6, 6.07) is 1.80. The van der Waals surface area contributed by atoms with E-state index >= 15 is 0 Å². The van der Waals surface area contributed by atoms with Gasteiger partial charge in [-0.1, -0.05) is 0 Å². The van der Waals surface area contributed by atoms with Gasteiger partial charge >= 0.3 is 0 Å². The van der Waals surface area contributed by atoms with Crippen molar-refractivity contribution in [1.29, 1.82) is 0 Å². The summed E-state index contributed by atoms with van der Waals surface area (Å²) in [6.45, 7) is 0.846. The molecule has 0 aromatic carbocycles. The first-order chi connectivity index (χ1) is 8.66. The summed E-state index contributed by atoms with van der Waals surface area (Å²) >= 11 is 0. The number of rotatable bonds is 2. The van der Waals surface area contributed by atoms with E-state index in [1.807, 2.05) is 7.05 Å². The van der Waals surface area contributed by atoms with Crippen LogP contribution >= 0.6 is 0 Å². The van der Waals surface area contributed by atoms with Crippen molar-refractivity contribution in [3.63, 3.8) is 0 Å². The first-order valence-electron chi connectivity index (χ1n) is 6.44. The smallest absolute Gasteiger partial charge is 0.254 e. The summed E-state index contributed by atoms with van der Waals surface area (Å²) in [7, 11) is 1.82. The molecule has 3 rings (SSSR count). The fourth-order valence-electron chi connectivity index (χ4n) is 2.49. The van der Waals surface area contributed by atoms with E-state index in [2.05, 4.69) is 10.3 Å². The number of H-pyrrole nitrogens is 1. The number of nitrogens with one attached hydrogen (secondary N) is 2. The second kappa shape index (κ2) is 4.15. The van der Waals surface area contributed by atoms with Crippen molar-refractivity contribution in [3.8, 4) is 0 Å². The number of hydrogen-bond donors (Lipinski definition) is 2. The van der Waals surface area contributed by atoms with Crippen molar-refractivity contribution in [2.75, 3.05) is 18.9 Å². The first kappa shape index (κ1) is 11.3. The van der Waals surface area contributed by atoms with E-state index in [4.69, 9.17) is 0 Å². The zero-order valence-electron chi connectivity index (χ0n) is 10.5. The molecule has 96 valence electrons. The van der Waals surface area contributed by atoms with Crippen molar-refractivity contribution < 1.29 is 4.79 Å². The lowest BCUT2D eigenvalue weighted by Crippen LogP contribution is -2.32. The molecule has 2 N–H and O–H groups in total. The van der Waals surface area contributed by atoms with Crippen LogP contribution in [0.1, 0.15) is 35.2 Å². The molecule has 1 fully saturated rings. The molecule has 0 atom stereocenters. The molecule has 0 unspecified atom stereocenters. The van der Waals surface area contributed by atoms with Gasteiger partial charge in [-0.15, -0.1) is 0 Å². The third kappa shape index (κ3) is 1.89. The molecule has 5 heteroatoms. The Bertz CT molecular complexity index is 546. The normalized spacial score (nSPS) is 17.8. The summed E-state index contributed by atoms with van der Waals surface area (Å²) in [5.41, 5.74) is 1.31. The second-order valence-electron chi connectivity index (χ2n) is 5.08. The minimum atomic E-state index is -0.212. The van der Waals surface area contributed by atoms with Crippen LogP contribution in [0.25, 0.3) is 0 Å². The molecule has 1 aliphatic heterocycles. The van der Waals surface area contributed by atoms with Crippen molar-refractivity contribution >= 4 is 11.7 Å². The fourth-order valence-corrected chi connectivity index (χ4v) is 2.49. The summed E-state index contributed by atoms with van der Waals surface area (Å²) < 4.78 is 0. The van der Waals surface area contributed by atoms with Crippen molar-refractivity contribution in [2.45, 2.75) is 31.7 Å². The van der Waals surface area contributed by atoms with Gasteiger partial charge in [-0.3, -0.25) is 9.59 Å². The Kier molecular flexibility index (Phi) is 2.61. The molecule has 0 saturated heterocycles. The molecule has 2 aliphatic rings. The number of pyridine rings is 1. The van der Waals surface area contributed by atoms with Gasteiger partial charge in [0.05, 0.1) is 5.56 Å². The number of hydrogen-bond acceptors (Lipinski definition) is 3. The monoisotopic (exact) mass is 247 g/mol. The van der Waals surface area contributed by atoms with Crippen LogP contribution in [-0.2, 0) is 6.42 Å². The van der Waals surface area contributed by atoms with E-state index in [0.717, 1.165) is 43.6 Å². The van der Waals surface area contributed by atoms with Crippen molar-refractivity contribution in [1.82, 2.24) is 9.88 Å². The van der Waals surface area contributed by atoms with Crippen LogP contribution in [0, 0.1) is 0 Å². The molecule has 1 amide bonds. The summed E-state index contributed by atoms with van der Waals surface area (Å²) in [5, 5.41) is 3.16. The molecule has 5 nitrogen and oxygen atoms in total. The maximum Gasteiger partial charge on any atom is 0.254 e. The van der Waals surface area contributed by atoms with E-state index in [9.17, 15) is 9.59 Å². The van der Waals surface area contributed by atoms with Crippen LogP contribution in [0.3, 0.4) is 0 Å². The summed E-state index contributed by atoms with van der Waals surface area (Å²) in [6.07, 6.45) is 3.99. The molecule has 0 bridgehead atoms. The quantitative estimate of drug-likeness (QED) is 0.818. The number of carbonyl (C=O) groups is 1. The van der Waals surface area contributed by atoms with E-state index in [-0.39, 0.29) is 11.5 Å². The van der Waals surface area contributed by atoms with Gasteiger partial charge in [-0.25, -0.2) is 0 Å². The molecule has 0 spiro atoms. The third-order valence-electron chi connectivity index (χ3n) is 3.70. The van der Waals surface area contributed by atoms with Crippen LogP contribution in [0.5, 0.6) is 0 Å². The van der Waals surface area contributed by atoms with E-state index < -0.39 is 0 Å². The van der Waals surface area contributed by atoms with E-state index in [0.29, 0.717) is 11.6 Å². The second-order valence-corrected chi connectivity index (χ2v) is 5.08. The molecule has 1 aromatic rings. The number of anilines is 1. The predicted octanol–water partition coefficient (Wildman–Crippen LogP) is 0.967. The first-order valence-corrected chi connectivity index (χ1v) is 6.44. The SMILES string of the molecule is CN(C(=O)c1cc(=O)[nH]c2c1CCCN2)C1CC1.